The smallest absolute Gasteiger partial charge is 0.240 e. The van der Waals surface area contributed by atoms with Crippen LogP contribution >= 0.6 is 0 Å². The first-order valence-corrected chi connectivity index (χ1v) is 9.64. The Morgan fingerprint density at radius 3 is 2.84 bits per heavy atom. The number of nitrogens with one attached hydrogen (secondary N) is 1. The van der Waals surface area contributed by atoms with Crippen LogP contribution in [0.4, 0.5) is 0 Å². The first-order valence-electron chi connectivity index (χ1n) is 8.16. The fourth-order valence-electron chi connectivity index (χ4n) is 3.34. The molecule has 1 aromatic heterocycles. The van der Waals surface area contributed by atoms with Crippen molar-refractivity contribution in [1.29, 1.82) is 5.26 Å². The molecule has 0 bridgehead atoms. The predicted octanol–water partition coefficient (Wildman–Crippen LogP) is 2.81. The van der Waals surface area contributed by atoms with E-state index in [4.69, 9.17) is 9.68 Å². The van der Waals surface area contributed by atoms with E-state index < -0.39 is 10.0 Å². The number of hydrogen-bond donors (Lipinski definition) is 1. The second-order valence-electron chi connectivity index (χ2n) is 6.20. The lowest BCUT2D eigenvalue weighted by Crippen LogP contribution is -2.37. The Morgan fingerprint density at radius 1 is 1.20 bits per heavy atom. The van der Waals surface area contributed by atoms with Crippen molar-refractivity contribution >= 4 is 32.0 Å². The fraction of sp³-hybridized carbons (Fsp3) is 0.278. The van der Waals surface area contributed by atoms with Crippen molar-refractivity contribution in [3.8, 4) is 6.19 Å². The molecule has 25 heavy (non-hydrogen) atoms. The summed E-state index contributed by atoms with van der Waals surface area (Å²) < 4.78 is 33.6. The number of para-hydroxylation sites is 1. The van der Waals surface area contributed by atoms with Crippen LogP contribution in [0.3, 0.4) is 0 Å². The van der Waals surface area contributed by atoms with Crippen LogP contribution in [0.5, 0.6) is 0 Å². The highest BCUT2D eigenvalue weighted by Crippen LogP contribution is 2.30. The third kappa shape index (κ3) is 2.84. The lowest BCUT2D eigenvalue weighted by molar-refractivity contribution is 0.362. The van der Waals surface area contributed by atoms with Crippen LogP contribution in [0.2, 0.25) is 0 Å². The quantitative estimate of drug-likeness (QED) is 0.727. The zero-order valence-corrected chi connectivity index (χ0v) is 14.3. The minimum Gasteiger partial charge on any atom is -0.456 e. The summed E-state index contributed by atoms with van der Waals surface area (Å²) in [6, 6.07) is 12.4. The normalized spacial score (nSPS) is 18.0. The lowest BCUT2D eigenvalue weighted by atomic mass is 10.2. The molecule has 2 aromatic carbocycles. The molecule has 0 radical (unpaired) electrons. The van der Waals surface area contributed by atoms with Crippen LogP contribution in [0.15, 0.2) is 51.8 Å². The maximum absolute atomic E-state index is 12.6. The topological polar surface area (TPSA) is 86.3 Å². The number of sulfonamides is 1. The van der Waals surface area contributed by atoms with E-state index in [1.807, 2.05) is 24.3 Å². The number of hydrogen-bond acceptors (Lipinski definition) is 5. The molecule has 0 aliphatic carbocycles. The van der Waals surface area contributed by atoms with Crippen molar-refractivity contribution in [1.82, 2.24) is 9.62 Å². The largest absolute Gasteiger partial charge is 0.456 e. The van der Waals surface area contributed by atoms with Gasteiger partial charge in [-0.05, 0) is 31.0 Å². The molecule has 1 aliphatic rings. The molecule has 7 heteroatoms. The molecule has 4 rings (SSSR count). The molecule has 0 saturated carbocycles. The molecular weight excluding hydrogens is 338 g/mol. The van der Waals surface area contributed by atoms with Crippen molar-refractivity contribution in [3.63, 3.8) is 0 Å². The predicted molar refractivity (Wildman–Crippen MR) is 94.2 cm³/mol. The lowest BCUT2D eigenvalue weighted by Gasteiger charge is -2.18. The van der Waals surface area contributed by atoms with E-state index >= 15 is 0 Å². The van der Waals surface area contributed by atoms with Gasteiger partial charge in [-0.2, -0.15) is 5.26 Å². The van der Waals surface area contributed by atoms with E-state index in [-0.39, 0.29) is 17.5 Å². The molecule has 3 aromatic rings. The third-order valence-electron chi connectivity index (χ3n) is 4.68. The summed E-state index contributed by atoms with van der Waals surface area (Å²) in [7, 11) is -3.65. The van der Waals surface area contributed by atoms with Gasteiger partial charge in [0.25, 0.3) is 0 Å². The molecule has 2 heterocycles. The molecule has 6 nitrogen and oxygen atoms in total. The second-order valence-corrected chi connectivity index (χ2v) is 7.96. The van der Waals surface area contributed by atoms with E-state index in [0.29, 0.717) is 12.1 Å². The first-order chi connectivity index (χ1) is 12.1. The molecule has 1 N–H and O–H groups in total. The molecule has 128 valence electrons. The summed E-state index contributed by atoms with van der Waals surface area (Å²) in [4.78, 5) is 1.80. The SMILES string of the molecule is N#CN1CCCC1CNS(=O)(=O)c1ccc2c(c1)oc1ccccc12. The van der Waals surface area contributed by atoms with Crippen LogP contribution in [0.25, 0.3) is 21.9 Å². The van der Waals surface area contributed by atoms with E-state index in [1.54, 1.807) is 23.1 Å². The van der Waals surface area contributed by atoms with Crippen LogP contribution in [0.1, 0.15) is 12.8 Å². The zero-order valence-electron chi connectivity index (χ0n) is 13.5. The van der Waals surface area contributed by atoms with Crippen molar-refractivity contribution in [2.45, 2.75) is 23.8 Å². The standard InChI is InChI=1S/C18H17N3O3S/c19-12-21-9-3-4-13(21)11-20-25(22,23)14-7-8-16-15-5-1-2-6-17(15)24-18(16)10-14/h1-2,5-8,10,13,20H,3-4,9,11H2. The van der Waals surface area contributed by atoms with E-state index in [2.05, 4.69) is 10.9 Å². The van der Waals surface area contributed by atoms with E-state index in [0.717, 1.165) is 29.2 Å². The number of nitrogens with zero attached hydrogens (tertiary/aromatic N) is 2. The number of fused-ring (bicyclic) bond motifs is 3. The number of rotatable bonds is 4. The van der Waals surface area contributed by atoms with Gasteiger partial charge >= 0.3 is 0 Å². The maximum atomic E-state index is 12.6. The number of furan rings is 1. The molecule has 1 unspecified atom stereocenters. The van der Waals surface area contributed by atoms with Crippen LogP contribution in [0, 0.1) is 11.5 Å². The Kier molecular flexibility index (Phi) is 3.86. The molecule has 0 amide bonds. The summed E-state index contributed by atoms with van der Waals surface area (Å²) in [6.45, 7) is 0.919. The molecule has 1 saturated heterocycles. The van der Waals surface area contributed by atoms with Gasteiger partial charge < -0.3 is 9.32 Å². The van der Waals surface area contributed by atoms with Crippen LogP contribution in [-0.4, -0.2) is 32.4 Å². The van der Waals surface area contributed by atoms with Gasteiger partial charge in [0.2, 0.25) is 10.0 Å². The van der Waals surface area contributed by atoms with Crippen molar-refractivity contribution in [2.24, 2.45) is 0 Å². The van der Waals surface area contributed by atoms with Gasteiger partial charge in [-0.25, -0.2) is 13.1 Å². The molecule has 1 aliphatic heterocycles. The van der Waals surface area contributed by atoms with Gasteiger partial charge in [0.05, 0.1) is 10.9 Å². The monoisotopic (exact) mass is 355 g/mol. The summed E-state index contributed by atoms with van der Waals surface area (Å²) in [6.07, 6.45) is 3.84. The minimum absolute atomic E-state index is 0.0743. The Bertz CT molecular complexity index is 1080. The average Bonchev–Trinajstić information content (AvgIpc) is 3.23. The van der Waals surface area contributed by atoms with Crippen LogP contribution < -0.4 is 4.72 Å². The number of nitriles is 1. The Balaban J connectivity index is 1.61. The van der Waals surface area contributed by atoms with E-state index in [1.165, 1.54) is 0 Å². The van der Waals surface area contributed by atoms with Gasteiger partial charge in [0, 0.05) is 29.9 Å². The first kappa shape index (κ1) is 15.9. The fourth-order valence-corrected chi connectivity index (χ4v) is 4.43. The molecule has 1 atom stereocenters. The minimum atomic E-state index is -3.65. The van der Waals surface area contributed by atoms with Gasteiger partial charge in [-0.3, -0.25) is 0 Å². The zero-order chi connectivity index (χ0) is 17.4. The Labute approximate surface area is 145 Å². The van der Waals surface area contributed by atoms with Gasteiger partial charge in [-0.15, -0.1) is 0 Å². The maximum Gasteiger partial charge on any atom is 0.240 e. The van der Waals surface area contributed by atoms with Gasteiger partial charge in [0.15, 0.2) is 6.19 Å². The van der Waals surface area contributed by atoms with Crippen LogP contribution in [-0.2, 0) is 10.0 Å². The summed E-state index contributed by atoms with van der Waals surface area (Å²) >= 11 is 0. The summed E-state index contributed by atoms with van der Waals surface area (Å²) in [5.41, 5.74) is 1.28. The highest BCUT2D eigenvalue weighted by molar-refractivity contribution is 7.89. The second kappa shape index (κ2) is 6.06. The molecule has 1 fully saturated rings. The Morgan fingerprint density at radius 2 is 2.00 bits per heavy atom. The van der Waals surface area contributed by atoms with E-state index in [9.17, 15) is 8.42 Å². The highest BCUT2D eigenvalue weighted by Gasteiger charge is 2.25. The molecular formula is C18H17N3O3S. The number of benzene rings is 2. The summed E-state index contributed by atoms with van der Waals surface area (Å²) in [5.74, 6) is 0. The summed E-state index contributed by atoms with van der Waals surface area (Å²) in [5, 5.41) is 10.9. The number of likely N-dealkylation sites (tertiary alicyclic amines) is 1. The van der Waals surface area contributed by atoms with Crippen molar-refractivity contribution < 1.29 is 12.8 Å². The highest BCUT2D eigenvalue weighted by atomic mass is 32.2. The van der Waals surface area contributed by atoms with Crippen molar-refractivity contribution in [2.75, 3.05) is 13.1 Å². The Hall–Kier alpha value is -2.56. The van der Waals surface area contributed by atoms with Gasteiger partial charge in [-0.1, -0.05) is 18.2 Å². The van der Waals surface area contributed by atoms with Gasteiger partial charge in [0.1, 0.15) is 11.2 Å². The average molecular weight is 355 g/mol. The van der Waals surface area contributed by atoms with Crippen molar-refractivity contribution in [3.05, 3.63) is 42.5 Å². The third-order valence-corrected chi connectivity index (χ3v) is 6.10. The molecule has 0 spiro atoms.